The zero-order valence-corrected chi connectivity index (χ0v) is 8.69. The van der Waals surface area contributed by atoms with Crippen LogP contribution in [-0.4, -0.2) is 4.98 Å². The van der Waals surface area contributed by atoms with Crippen molar-refractivity contribution in [2.75, 3.05) is 0 Å². The van der Waals surface area contributed by atoms with E-state index < -0.39 is 0 Å². The van der Waals surface area contributed by atoms with Crippen molar-refractivity contribution in [2.45, 2.75) is 5.88 Å². The molecule has 15 heavy (non-hydrogen) atoms. The molecule has 4 heteroatoms. The SMILES string of the molecule is [O-][n+]1ccnc(CCl)c1-c1ccccc1. The first-order valence-corrected chi connectivity index (χ1v) is 5.05. The third-order valence-electron chi connectivity index (χ3n) is 2.10. The molecular formula is C11H9ClN2O. The third kappa shape index (κ3) is 1.92. The van der Waals surface area contributed by atoms with Gasteiger partial charge in [0.15, 0.2) is 6.20 Å². The van der Waals surface area contributed by atoms with Gasteiger partial charge in [-0.1, -0.05) is 18.2 Å². The van der Waals surface area contributed by atoms with Gasteiger partial charge in [-0.15, -0.1) is 11.6 Å². The molecule has 0 amide bonds. The standard InChI is InChI=1S/C11H9ClN2O/c12-8-10-11(14(15)7-6-13-10)9-4-2-1-3-5-9/h1-7H,8H2. The second-order valence-corrected chi connectivity index (χ2v) is 3.32. The summed E-state index contributed by atoms with van der Waals surface area (Å²) < 4.78 is 0.792. The molecule has 0 saturated heterocycles. The minimum absolute atomic E-state index is 0.229. The number of hydrogen-bond donors (Lipinski definition) is 0. The first kappa shape index (κ1) is 9.93. The smallest absolute Gasteiger partial charge is 0.246 e. The molecule has 1 heterocycles. The van der Waals surface area contributed by atoms with E-state index in [1.54, 1.807) is 0 Å². The highest BCUT2D eigenvalue weighted by Crippen LogP contribution is 2.18. The monoisotopic (exact) mass is 220 g/mol. The van der Waals surface area contributed by atoms with Crippen LogP contribution in [0, 0.1) is 5.21 Å². The van der Waals surface area contributed by atoms with Crippen LogP contribution in [0.15, 0.2) is 42.7 Å². The Bertz CT molecular complexity index is 459. The number of aromatic nitrogens is 2. The van der Waals surface area contributed by atoms with Crippen LogP contribution < -0.4 is 4.73 Å². The molecule has 3 nitrogen and oxygen atoms in total. The molecule has 0 N–H and O–H groups in total. The van der Waals surface area contributed by atoms with Gasteiger partial charge in [0, 0.05) is 5.56 Å². The lowest BCUT2D eigenvalue weighted by Gasteiger charge is -2.06. The van der Waals surface area contributed by atoms with Gasteiger partial charge in [-0.25, -0.2) is 4.98 Å². The first-order chi connectivity index (χ1) is 7.33. The molecular weight excluding hydrogens is 212 g/mol. The molecule has 0 aliphatic rings. The van der Waals surface area contributed by atoms with Gasteiger partial charge in [-0.2, -0.15) is 4.73 Å². The van der Waals surface area contributed by atoms with Crippen LogP contribution in [0.3, 0.4) is 0 Å². The van der Waals surface area contributed by atoms with Crippen molar-refractivity contribution in [2.24, 2.45) is 0 Å². The van der Waals surface area contributed by atoms with E-state index in [1.807, 2.05) is 30.3 Å². The van der Waals surface area contributed by atoms with Crippen LogP contribution in [0.25, 0.3) is 11.3 Å². The van der Waals surface area contributed by atoms with Crippen LogP contribution >= 0.6 is 11.6 Å². The molecule has 2 rings (SSSR count). The van der Waals surface area contributed by atoms with E-state index in [2.05, 4.69) is 4.98 Å². The maximum atomic E-state index is 11.6. The predicted molar refractivity (Wildman–Crippen MR) is 58.2 cm³/mol. The lowest BCUT2D eigenvalue weighted by molar-refractivity contribution is -0.594. The van der Waals surface area contributed by atoms with E-state index in [1.165, 1.54) is 12.4 Å². The van der Waals surface area contributed by atoms with Crippen molar-refractivity contribution in [3.05, 3.63) is 53.6 Å². The second-order valence-electron chi connectivity index (χ2n) is 3.05. The normalized spacial score (nSPS) is 10.2. The molecule has 0 unspecified atom stereocenters. The van der Waals surface area contributed by atoms with Gasteiger partial charge in [-0.05, 0) is 12.1 Å². The average Bonchev–Trinajstić information content (AvgIpc) is 2.29. The van der Waals surface area contributed by atoms with Crippen LogP contribution in [0.2, 0.25) is 0 Å². The van der Waals surface area contributed by atoms with E-state index in [0.717, 1.165) is 10.3 Å². The quantitative estimate of drug-likeness (QED) is 0.442. The Morgan fingerprint density at radius 1 is 1.27 bits per heavy atom. The molecule has 0 atom stereocenters. The van der Waals surface area contributed by atoms with Crippen LogP contribution in [0.5, 0.6) is 0 Å². The zero-order chi connectivity index (χ0) is 10.7. The number of nitrogens with zero attached hydrogens (tertiary/aromatic N) is 2. The molecule has 1 aromatic carbocycles. The van der Waals surface area contributed by atoms with E-state index in [9.17, 15) is 5.21 Å². The van der Waals surface area contributed by atoms with Gasteiger partial charge in [0.05, 0.1) is 12.1 Å². The molecule has 76 valence electrons. The Hall–Kier alpha value is -1.61. The Balaban J connectivity index is 2.61. The third-order valence-corrected chi connectivity index (χ3v) is 2.35. The van der Waals surface area contributed by atoms with Crippen molar-refractivity contribution in [3.8, 4) is 11.3 Å². The fraction of sp³-hybridized carbons (Fsp3) is 0.0909. The molecule has 1 aromatic heterocycles. The van der Waals surface area contributed by atoms with Gasteiger partial charge < -0.3 is 5.21 Å². The number of rotatable bonds is 2. The van der Waals surface area contributed by atoms with Crippen LogP contribution in [0.4, 0.5) is 0 Å². The Morgan fingerprint density at radius 3 is 2.67 bits per heavy atom. The second kappa shape index (κ2) is 4.28. The summed E-state index contributed by atoms with van der Waals surface area (Å²) in [6, 6.07) is 9.37. The van der Waals surface area contributed by atoms with E-state index >= 15 is 0 Å². The average molecular weight is 221 g/mol. The molecule has 0 radical (unpaired) electrons. The van der Waals surface area contributed by atoms with Gasteiger partial charge in [0.2, 0.25) is 5.69 Å². The molecule has 0 fully saturated rings. The molecule has 0 saturated carbocycles. The van der Waals surface area contributed by atoms with E-state index in [0.29, 0.717) is 11.4 Å². The summed E-state index contributed by atoms with van der Waals surface area (Å²) in [6.07, 6.45) is 2.83. The number of alkyl halides is 1. The summed E-state index contributed by atoms with van der Waals surface area (Å²) in [5.41, 5.74) is 1.95. The molecule has 0 aliphatic heterocycles. The van der Waals surface area contributed by atoms with Crippen molar-refractivity contribution in [1.29, 1.82) is 0 Å². The Kier molecular flexibility index (Phi) is 2.83. The molecule has 2 aromatic rings. The maximum Gasteiger partial charge on any atom is 0.246 e. The maximum absolute atomic E-state index is 11.6. The topological polar surface area (TPSA) is 39.8 Å². The van der Waals surface area contributed by atoms with E-state index in [4.69, 9.17) is 11.6 Å². The molecule has 0 spiro atoms. The van der Waals surface area contributed by atoms with Crippen LogP contribution in [0.1, 0.15) is 5.69 Å². The highest BCUT2D eigenvalue weighted by atomic mass is 35.5. The Labute approximate surface area is 92.6 Å². The number of benzene rings is 1. The van der Waals surface area contributed by atoms with Gasteiger partial charge in [0.25, 0.3) is 0 Å². The fourth-order valence-corrected chi connectivity index (χ4v) is 1.63. The fourth-order valence-electron chi connectivity index (χ4n) is 1.43. The number of halogens is 1. The van der Waals surface area contributed by atoms with Gasteiger partial charge >= 0.3 is 0 Å². The van der Waals surface area contributed by atoms with Crippen molar-refractivity contribution >= 4 is 11.6 Å². The number of hydrogen-bond acceptors (Lipinski definition) is 2. The summed E-state index contributed by atoms with van der Waals surface area (Å²) >= 11 is 5.74. The van der Waals surface area contributed by atoms with Gasteiger partial charge in [-0.3, -0.25) is 0 Å². The minimum atomic E-state index is 0.229. The lowest BCUT2D eigenvalue weighted by Crippen LogP contribution is -2.30. The van der Waals surface area contributed by atoms with Crippen molar-refractivity contribution < 1.29 is 4.73 Å². The van der Waals surface area contributed by atoms with Crippen molar-refractivity contribution in [1.82, 2.24) is 4.98 Å². The summed E-state index contributed by atoms with van der Waals surface area (Å²) in [5, 5.41) is 11.6. The van der Waals surface area contributed by atoms with Gasteiger partial charge in [0.1, 0.15) is 5.69 Å². The Morgan fingerprint density at radius 2 is 2.00 bits per heavy atom. The first-order valence-electron chi connectivity index (χ1n) is 4.51. The summed E-state index contributed by atoms with van der Waals surface area (Å²) in [7, 11) is 0. The summed E-state index contributed by atoms with van der Waals surface area (Å²) in [5.74, 6) is 0.229. The van der Waals surface area contributed by atoms with E-state index in [-0.39, 0.29) is 5.88 Å². The summed E-state index contributed by atoms with van der Waals surface area (Å²) in [4.78, 5) is 4.08. The largest absolute Gasteiger partial charge is 0.618 e. The molecule has 0 aliphatic carbocycles. The highest BCUT2D eigenvalue weighted by Gasteiger charge is 2.14. The van der Waals surface area contributed by atoms with Crippen molar-refractivity contribution in [3.63, 3.8) is 0 Å². The minimum Gasteiger partial charge on any atom is -0.618 e. The molecule has 0 bridgehead atoms. The lowest BCUT2D eigenvalue weighted by atomic mass is 10.1. The summed E-state index contributed by atoms with van der Waals surface area (Å²) in [6.45, 7) is 0. The zero-order valence-electron chi connectivity index (χ0n) is 7.93. The highest BCUT2D eigenvalue weighted by molar-refractivity contribution is 6.17. The predicted octanol–water partition coefficient (Wildman–Crippen LogP) is 2.12. The van der Waals surface area contributed by atoms with Crippen LogP contribution in [-0.2, 0) is 5.88 Å².